The van der Waals surface area contributed by atoms with Gasteiger partial charge in [0, 0.05) is 24.2 Å². The van der Waals surface area contributed by atoms with Crippen molar-refractivity contribution in [2.75, 3.05) is 13.1 Å². The first kappa shape index (κ1) is 23.6. The average molecular weight is 498 g/mol. The van der Waals surface area contributed by atoms with Crippen LogP contribution in [0.1, 0.15) is 11.7 Å². The van der Waals surface area contributed by atoms with Gasteiger partial charge in [-0.3, -0.25) is 0 Å². The van der Waals surface area contributed by atoms with Gasteiger partial charge in [0.05, 0.1) is 23.5 Å². The van der Waals surface area contributed by atoms with E-state index in [0.29, 0.717) is 22.2 Å². The van der Waals surface area contributed by atoms with Crippen LogP contribution >= 0.6 is 0 Å². The van der Waals surface area contributed by atoms with Crippen molar-refractivity contribution in [2.24, 2.45) is 10.9 Å². The third-order valence-corrected chi connectivity index (χ3v) is 7.64. The number of aromatic amines is 1. The zero-order valence-corrected chi connectivity index (χ0v) is 18.7. The van der Waals surface area contributed by atoms with Gasteiger partial charge >= 0.3 is 0 Å². The van der Waals surface area contributed by atoms with Crippen molar-refractivity contribution in [2.45, 2.75) is 22.1 Å². The molecule has 0 radical (unpaired) electrons. The molecule has 2 aromatic carbocycles. The van der Waals surface area contributed by atoms with Crippen LogP contribution in [0.15, 0.2) is 46.5 Å². The number of aliphatic hydroxyl groups is 1. The maximum Gasteiger partial charge on any atom is 0.242 e. The van der Waals surface area contributed by atoms with Crippen LogP contribution in [0.25, 0.3) is 22.2 Å². The molecule has 1 atom stereocenters. The first-order valence-electron chi connectivity index (χ1n) is 9.64. The Bertz CT molecular complexity index is 1390. The lowest BCUT2D eigenvalue weighted by Gasteiger charge is -2.22. The van der Waals surface area contributed by atoms with Gasteiger partial charge in [-0.25, -0.2) is 42.5 Å². The number of hydrogen-bond acceptors (Lipinski definition) is 11. The second-order valence-corrected chi connectivity index (χ2v) is 10.5. The third kappa shape index (κ3) is 4.62. The van der Waals surface area contributed by atoms with Crippen LogP contribution in [0.2, 0.25) is 0 Å². The summed E-state index contributed by atoms with van der Waals surface area (Å²) in [7, 11) is -8.97. The lowest BCUT2D eigenvalue weighted by Crippen LogP contribution is -2.37. The normalized spacial score (nSPS) is 16.5. The first-order valence-corrected chi connectivity index (χ1v) is 12.7. The van der Waals surface area contributed by atoms with Gasteiger partial charge in [0.1, 0.15) is 16.0 Å². The van der Waals surface area contributed by atoms with E-state index in [1.165, 1.54) is 12.4 Å². The standard InChI is InChI=1S/C17H23N9O5S2/c18-6-9(27)7-22-33(30,31)13-5-4-10(11-2-1-3-12-15(11)21-8-20-12)14(16(13)32(19,28)29)17-23-25-26-24-17/h1-5,8-9,17,22-27H,6-7,18H2,(H,20,21)(H2,19,28,29)/t9-/m0/s1. The molecular formula is C17H23N9O5S2. The Kier molecular flexibility index (Phi) is 6.47. The van der Waals surface area contributed by atoms with E-state index in [-0.39, 0.29) is 12.1 Å². The monoisotopic (exact) mass is 497 g/mol. The number of sulfonamides is 2. The van der Waals surface area contributed by atoms with E-state index >= 15 is 0 Å². The molecule has 1 fully saturated rings. The van der Waals surface area contributed by atoms with Crippen LogP contribution in [0, 0.1) is 0 Å². The highest BCUT2D eigenvalue weighted by atomic mass is 32.2. The molecule has 11 N–H and O–H groups in total. The molecule has 1 aromatic heterocycles. The number of imidazole rings is 1. The van der Waals surface area contributed by atoms with Crippen LogP contribution in [-0.2, 0) is 20.0 Å². The molecule has 1 saturated heterocycles. The van der Waals surface area contributed by atoms with Crippen LogP contribution in [0.5, 0.6) is 0 Å². The van der Waals surface area contributed by atoms with Crippen LogP contribution in [0.4, 0.5) is 0 Å². The topological polar surface area (TPSA) is 229 Å². The fourth-order valence-corrected chi connectivity index (χ4v) is 6.28. The fourth-order valence-electron chi connectivity index (χ4n) is 3.55. The van der Waals surface area contributed by atoms with Crippen LogP contribution < -0.4 is 37.5 Å². The maximum atomic E-state index is 13.0. The van der Waals surface area contributed by atoms with Crippen molar-refractivity contribution in [1.29, 1.82) is 0 Å². The predicted molar refractivity (Wildman–Crippen MR) is 118 cm³/mol. The molecule has 0 aliphatic carbocycles. The molecular weight excluding hydrogens is 474 g/mol. The summed E-state index contributed by atoms with van der Waals surface area (Å²) < 4.78 is 53.8. The maximum absolute atomic E-state index is 13.0. The van der Waals surface area contributed by atoms with Crippen LogP contribution in [-0.4, -0.2) is 51.1 Å². The number of H-pyrrole nitrogens is 1. The Morgan fingerprint density at radius 3 is 2.48 bits per heavy atom. The number of primary sulfonamides is 1. The van der Waals surface area contributed by atoms with E-state index in [0.717, 1.165) is 6.07 Å². The molecule has 0 amide bonds. The van der Waals surface area contributed by atoms with Crippen molar-refractivity contribution in [1.82, 2.24) is 36.6 Å². The van der Waals surface area contributed by atoms with E-state index in [2.05, 4.69) is 36.6 Å². The molecule has 0 unspecified atom stereocenters. The largest absolute Gasteiger partial charge is 0.390 e. The average Bonchev–Trinajstić information content (AvgIpc) is 3.47. The number of aliphatic hydroxyl groups excluding tert-OH is 1. The molecule has 16 heteroatoms. The zero-order valence-electron chi connectivity index (χ0n) is 17.0. The van der Waals surface area contributed by atoms with E-state index in [4.69, 9.17) is 10.9 Å². The Balaban J connectivity index is 2.00. The van der Waals surface area contributed by atoms with Gasteiger partial charge in [-0.05, 0) is 17.7 Å². The number of benzene rings is 2. The van der Waals surface area contributed by atoms with Crippen LogP contribution in [0.3, 0.4) is 0 Å². The Morgan fingerprint density at radius 2 is 1.82 bits per heavy atom. The summed E-state index contributed by atoms with van der Waals surface area (Å²) in [6.45, 7) is -0.592. The lowest BCUT2D eigenvalue weighted by atomic mass is 9.96. The van der Waals surface area contributed by atoms with Gasteiger partial charge in [-0.15, -0.1) is 0 Å². The number of hydrazine groups is 3. The Labute approximate surface area is 189 Å². The predicted octanol–water partition coefficient (Wildman–Crippen LogP) is -2.41. The quantitative estimate of drug-likeness (QED) is 0.159. The minimum absolute atomic E-state index is 0.0488. The summed E-state index contributed by atoms with van der Waals surface area (Å²) in [6.07, 6.45) is -0.553. The minimum atomic E-state index is -4.57. The molecule has 2 heterocycles. The highest BCUT2D eigenvalue weighted by molar-refractivity contribution is 7.92. The summed E-state index contributed by atoms with van der Waals surface area (Å²) >= 11 is 0. The summed E-state index contributed by atoms with van der Waals surface area (Å²) in [5.41, 5.74) is 18.3. The molecule has 0 saturated carbocycles. The minimum Gasteiger partial charge on any atom is -0.390 e. The molecule has 1 aliphatic heterocycles. The molecule has 3 aromatic rings. The number of aromatic nitrogens is 2. The van der Waals surface area contributed by atoms with Crippen molar-refractivity contribution in [3.8, 4) is 11.1 Å². The smallest absolute Gasteiger partial charge is 0.242 e. The molecule has 14 nitrogen and oxygen atoms in total. The third-order valence-electron chi connectivity index (χ3n) is 5.04. The number of nitrogens with two attached hydrogens (primary N) is 2. The summed E-state index contributed by atoms with van der Waals surface area (Å²) in [5, 5.41) is 15.2. The van der Waals surface area contributed by atoms with Crippen molar-refractivity contribution in [3.05, 3.63) is 42.2 Å². The van der Waals surface area contributed by atoms with E-state index < -0.39 is 48.7 Å². The summed E-state index contributed by atoms with van der Waals surface area (Å²) in [5.74, 6) is 0. The molecule has 0 spiro atoms. The SMILES string of the molecule is NC[C@H](O)CNS(=O)(=O)c1ccc(-c2cccc3[nH]cnc23)c(C2NNNN2)c1S(N)(=O)=O. The second kappa shape index (κ2) is 9.03. The van der Waals surface area contributed by atoms with Gasteiger partial charge < -0.3 is 15.8 Å². The number of nitrogens with zero attached hydrogens (tertiary/aromatic N) is 1. The lowest BCUT2D eigenvalue weighted by molar-refractivity contribution is 0.186. The molecule has 0 bridgehead atoms. The summed E-state index contributed by atoms with van der Waals surface area (Å²) in [4.78, 5) is 6.10. The van der Waals surface area contributed by atoms with Crippen molar-refractivity contribution >= 4 is 31.1 Å². The molecule has 4 rings (SSSR count). The number of para-hydroxylation sites is 1. The van der Waals surface area contributed by atoms with Gasteiger partial charge in [-0.1, -0.05) is 18.2 Å². The number of fused-ring (bicyclic) bond motifs is 1. The van der Waals surface area contributed by atoms with Gasteiger partial charge in [0.2, 0.25) is 20.0 Å². The highest BCUT2D eigenvalue weighted by Gasteiger charge is 2.34. The second-order valence-electron chi connectivity index (χ2n) is 7.22. The molecule has 178 valence electrons. The number of rotatable bonds is 8. The van der Waals surface area contributed by atoms with E-state index in [9.17, 15) is 21.9 Å². The first-order chi connectivity index (χ1) is 15.6. The summed E-state index contributed by atoms with van der Waals surface area (Å²) in [6, 6.07) is 7.91. The number of hydrogen-bond donors (Lipinski definition) is 9. The van der Waals surface area contributed by atoms with Gasteiger partial charge in [0.25, 0.3) is 0 Å². The Hall–Kier alpha value is -2.51. The van der Waals surface area contributed by atoms with Gasteiger partial charge in [0.15, 0.2) is 0 Å². The van der Waals surface area contributed by atoms with E-state index in [1.54, 1.807) is 18.2 Å². The van der Waals surface area contributed by atoms with Crippen molar-refractivity contribution in [3.63, 3.8) is 0 Å². The van der Waals surface area contributed by atoms with E-state index in [1.807, 2.05) is 0 Å². The molecule has 33 heavy (non-hydrogen) atoms. The highest BCUT2D eigenvalue weighted by Crippen LogP contribution is 2.38. The Morgan fingerprint density at radius 1 is 1.09 bits per heavy atom. The fraction of sp³-hybridized carbons (Fsp3) is 0.235. The zero-order chi connectivity index (χ0) is 23.8. The molecule has 1 aliphatic rings. The van der Waals surface area contributed by atoms with Crippen molar-refractivity contribution < 1.29 is 21.9 Å². The van der Waals surface area contributed by atoms with Gasteiger partial charge in [-0.2, -0.15) is 11.1 Å². The number of nitrogens with one attached hydrogen (secondary N) is 6.